The smallest absolute Gasteiger partial charge is 0.226 e. The number of amides is 2. The van der Waals surface area contributed by atoms with E-state index in [4.69, 9.17) is 5.73 Å². The van der Waals surface area contributed by atoms with Gasteiger partial charge in [0, 0.05) is 19.0 Å². The van der Waals surface area contributed by atoms with E-state index >= 15 is 0 Å². The van der Waals surface area contributed by atoms with Crippen molar-refractivity contribution in [3.05, 3.63) is 35.6 Å². The third kappa shape index (κ3) is 3.53. The van der Waals surface area contributed by atoms with Gasteiger partial charge in [0.15, 0.2) is 0 Å². The van der Waals surface area contributed by atoms with Crippen LogP contribution < -0.4 is 5.73 Å². The summed E-state index contributed by atoms with van der Waals surface area (Å²) in [4.78, 5) is 24.8. The molecular formula is C14H17FN2O2. The van der Waals surface area contributed by atoms with Crippen LogP contribution in [0.4, 0.5) is 4.39 Å². The summed E-state index contributed by atoms with van der Waals surface area (Å²) in [5.74, 6) is -0.790. The zero-order chi connectivity index (χ0) is 13.8. The lowest BCUT2D eigenvalue weighted by Crippen LogP contribution is -2.42. The zero-order valence-electron chi connectivity index (χ0n) is 10.6. The Morgan fingerprint density at radius 1 is 1.32 bits per heavy atom. The molecule has 1 fully saturated rings. The van der Waals surface area contributed by atoms with Crippen LogP contribution >= 0.6 is 0 Å². The highest BCUT2D eigenvalue weighted by atomic mass is 19.1. The van der Waals surface area contributed by atoms with Gasteiger partial charge in [0.25, 0.3) is 0 Å². The van der Waals surface area contributed by atoms with Crippen LogP contribution in [-0.2, 0) is 16.0 Å². The van der Waals surface area contributed by atoms with Crippen LogP contribution in [0.3, 0.4) is 0 Å². The van der Waals surface area contributed by atoms with Crippen LogP contribution in [0.2, 0.25) is 0 Å². The van der Waals surface area contributed by atoms with Gasteiger partial charge >= 0.3 is 0 Å². The molecule has 0 saturated carbocycles. The summed E-state index contributed by atoms with van der Waals surface area (Å²) in [6.45, 7) is 1.09. The lowest BCUT2D eigenvalue weighted by molar-refractivity contribution is -0.134. The first-order valence-corrected chi connectivity index (χ1v) is 6.38. The molecule has 0 aliphatic carbocycles. The summed E-state index contributed by atoms with van der Waals surface area (Å²) in [5, 5.41) is 0. The lowest BCUT2D eigenvalue weighted by atomic mass is 9.96. The Hall–Kier alpha value is -1.91. The molecule has 0 spiro atoms. The van der Waals surface area contributed by atoms with Crippen molar-refractivity contribution < 1.29 is 14.0 Å². The number of benzene rings is 1. The molecular weight excluding hydrogens is 247 g/mol. The van der Waals surface area contributed by atoms with Crippen LogP contribution in [0, 0.1) is 11.7 Å². The number of likely N-dealkylation sites (tertiary alicyclic amines) is 1. The fraction of sp³-hybridized carbons (Fsp3) is 0.429. The van der Waals surface area contributed by atoms with Gasteiger partial charge in [-0.25, -0.2) is 4.39 Å². The van der Waals surface area contributed by atoms with E-state index in [1.54, 1.807) is 17.0 Å². The maximum atomic E-state index is 13.0. The predicted octanol–water partition coefficient (Wildman–Crippen LogP) is 1.09. The minimum atomic E-state index is -0.335. The maximum Gasteiger partial charge on any atom is 0.226 e. The second-order valence-corrected chi connectivity index (χ2v) is 4.86. The van der Waals surface area contributed by atoms with Crippen molar-refractivity contribution in [3.63, 3.8) is 0 Å². The summed E-state index contributed by atoms with van der Waals surface area (Å²) in [5.41, 5.74) is 5.91. The minimum absolute atomic E-state index is 0.0338. The van der Waals surface area contributed by atoms with Crippen molar-refractivity contribution in [2.75, 3.05) is 13.1 Å². The van der Waals surface area contributed by atoms with E-state index in [1.807, 2.05) is 0 Å². The van der Waals surface area contributed by atoms with Gasteiger partial charge in [-0.3, -0.25) is 9.59 Å². The fourth-order valence-corrected chi connectivity index (χ4v) is 2.35. The van der Waals surface area contributed by atoms with Crippen molar-refractivity contribution >= 4 is 11.8 Å². The number of nitrogens with zero attached hydrogens (tertiary/aromatic N) is 1. The largest absolute Gasteiger partial charge is 0.369 e. The summed E-state index contributed by atoms with van der Waals surface area (Å²) < 4.78 is 13.0. The van der Waals surface area contributed by atoms with E-state index < -0.39 is 0 Å². The highest BCUT2D eigenvalue weighted by molar-refractivity contribution is 5.80. The van der Waals surface area contributed by atoms with Crippen molar-refractivity contribution in [2.45, 2.75) is 19.3 Å². The molecule has 2 N–H and O–H groups in total. The first kappa shape index (κ1) is 13.5. The molecule has 0 aromatic heterocycles. The van der Waals surface area contributed by atoms with Crippen LogP contribution in [0.1, 0.15) is 18.4 Å². The summed E-state index contributed by atoms with van der Waals surface area (Å²) in [6.07, 6.45) is 1.42. The monoisotopic (exact) mass is 264 g/mol. The first-order valence-electron chi connectivity index (χ1n) is 6.38. The summed E-state index contributed by atoms with van der Waals surface area (Å²) in [6, 6.07) is 6.05. The number of nitrogens with two attached hydrogens (primary N) is 1. The predicted molar refractivity (Wildman–Crippen MR) is 68.6 cm³/mol. The third-order valence-electron chi connectivity index (χ3n) is 3.49. The van der Waals surface area contributed by atoms with Crippen LogP contribution in [0.15, 0.2) is 24.3 Å². The van der Waals surface area contributed by atoms with Gasteiger partial charge in [0.2, 0.25) is 11.8 Å². The SMILES string of the molecule is NC(=O)C1CCN(C(=O)Cc2cccc(F)c2)CC1. The number of primary amides is 1. The molecule has 1 saturated heterocycles. The number of halogens is 1. The van der Waals surface area contributed by atoms with Gasteiger partial charge in [-0.2, -0.15) is 0 Å². The second kappa shape index (κ2) is 5.82. The molecule has 1 heterocycles. The fourth-order valence-electron chi connectivity index (χ4n) is 2.35. The number of hydrogen-bond acceptors (Lipinski definition) is 2. The zero-order valence-corrected chi connectivity index (χ0v) is 10.6. The Morgan fingerprint density at radius 2 is 2.00 bits per heavy atom. The van der Waals surface area contributed by atoms with Crippen molar-refractivity contribution in [3.8, 4) is 0 Å². The molecule has 1 aliphatic rings. The molecule has 1 aromatic rings. The van der Waals surface area contributed by atoms with Crippen molar-refractivity contribution in [2.24, 2.45) is 11.7 Å². The summed E-state index contributed by atoms with van der Waals surface area (Å²) >= 11 is 0. The third-order valence-corrected chi connectivity index (χ3v) is 3.49. The van der Waals surface area contributed by atoms with Crippen LogP contribution in [0.25, 0.3) is 0 Å². The van der Waals surface area contributed by atoms with Gasteiger partial charge in [-0.1, -0.05) is 12.1 Å². The molecule has 4 nitrogen and oxygen atoms in total. The van der Waals surface area contributed by atoms with E-state index in [9.17, 15) is 14.0 Å². The average molecular weight is 264 g/mol. The van der Waals surface area contributed by atoms with Crippen molar-refractivity contribution in [1.82, 2.24) is 4.90 Å². The van der Waals surface area contributed by atoms with Gasteiger partial charge in [-0.15, -0.1) is 0 Å². The second-order valence-electron chi connectivity index (χ2n) is 4.86. The van der Waals surface area contributed by atoms with Crippen molar-refractivity contribution in [1.29, 1.82) is 0 Å². The Morgan fingerprint density at radius 3 is 2.58 bits per heavy atom. The normalized spacial score (nSPS) is 16.4. The minimum Gasteiger partial charge on any atom is -0.369 e. The molecule has 2 rings (SSSR count). The molecule has 0 unspecified atom stereocenters. The summed E-state index contributed by atoms with van der Waals surface area (Å²) in [7, 11) is 0. The molecule has 1 aliphatic heterocycles. The Balaban J connectivity index is 1.90. The van der Waals surface area contributed by atoms with E-state index in [-0.39, 0.29) is 30.0 Å². The topological polar surface area (TPSA) is 63.4 Å². The lowest BCUT2D eigenvalue weighted by Gasteiger charge is -2.30. The number of carbonyl (C=O) groups is 2. The van der Waals surface area contributed by atoms with E-state index in [1.165, 1.54) is 12.1 Å². The molecule has 5 heteroatoms. The molecule has 0 radical (unpaired) electrons. The molecule has 0 bridgehead atoms. The highest BCUT2D eigenvalue weighted by Crippen LogP contribution is 2.17. The molecule has 2 amide bonds. The number of hydrogen-bond donors (Lipinski definition) is 1. The maximum absolute atomic E-state index is 13.0. The molecule has 102 valence electrons. The van der Waals surface area contributed by atoms with E-state index in [0.717, 1.165) is 0 Å². The Kier molecular flexibility index (Phi) is 4.14. The number of piperidine rings is 1. The van der Waals surface area contributed by atoms with Gasteiger partial charge < -0.3 is 10.6 Å². The molecule has 1 aromatic carbocycles. The first-order chi connectivity index (χ1) is 9.06. The van der Waals surface area contributed by atoms with E-state index in [2.05, 4.69) is 0 Å². The van der Waals surface area contributed by atoms with Gasteiger partial charge in [0.05, 0.1) is 6.42 Å². The average Bonchev–Trinajstić information content (AvgIpc) is 2.39. The van der Waals surface area contributed by atoms with Crippen LogP contribution in [-0.4, -0.2) is 29.8 Å². The standard InChI is InChI=1S/C14H17FN2O2/c15-12-3-1-2-10(8-12)9-13(18)17-6-4-11(5-7-17)14(16)19/h1-3,8,11H,4-7,9H2,(H2,16,19). The van der Waals surface area contributed by atoms with E-state index in [0.29, 0.717) is 31.5 Å². The number of carbonyl (C=O) groups excluding carboxylic acids is 2. The van der Waals surface area contributed by atoms with Gasteiger partial charge in [-0.05, 0) is 30.5 Å². The van der Waals surface area contributed by atoms with Crippen LogP contribution in [0.5, 0.6) is 0 Å². The molecule has 0 atom stereocenters. The highest BCUT2D eigenvalue weighted by Gasteiger charge is 2.25. The number of rotatable bonds is 3. The Bertz CT molecular complexity index is 482. The quantitative estimate of drug-likeness (QED) is 0.888. The molecule has 19 heavy (non-hydrogen) atoms. The van der Waals surface area contributed by atoms with Gasteiger partial charge in [0.1, 0.15) is 5.82 Å². The Labute approximate surface area is 111 Å².